The summed E-state index contributed by atoms with van der Waals surface area (Å²) < 4.78 is 25.3. The Hall–Kier alpha value is -4.66. The molecule has 3 N–H and O–H groups in total. The van der Waals surface area contributed by atoms with Crippen LogP contribution < -0.4 is 30.2 Å². The lowest BCUT2D eigenvalue weighted by atomic mass is 9.49. The highest BCUT2D eigenvalue weighted by Gasteiger charge is 2.53. The first-order valence-electron chi connectivity index (χ1n) is 24.5. The minimum atomic E-state index is -0.361. The van der Waals surface area contributed by atoms with Gasteiger partial charge in [0.15, 0.2) is 0 Å². The zero-order valence-corrected chi connectivity index (χ0v) is 41.0. The quantitative estimate of drug-likeness (QED) is 0.0383. The van der Waals surface area contributed by atoms with Crippen molar-refractivity contribution in [3.8, 4) is 17.2 Å². The number of benzene rings is 5. The van der Waals surface area contributed by atoms with Crippen molar-refractivity contribution in [2.45, 2.75) is 117 Å². The Kier molecular flexibility index (Phi) is 21.4. The van der Waals surface area contributed by atoms with Gasteiger partial charge in [-0.05, 0) is 122 Å². The van der Waals surface area contributed by atoms with Crippen molar-refractivity contribution in [2.24, 2.45) is 11.8 Å². The first kappa shape index (κ1) is 51.3. The Morgan fingerprint density at radius 3 is 1.54 bits per heavy atom. The van der Waals surface area contributed by atoms with E-state index in [0.29, 0.717) is 31.7 Å². The fourth-order valence-corrected chi connectivity index (χ4v) is 9.18. The van der Waals surface area contributed by atoms with Crippen LogP contribution in [0.2, 0.25) is 0 Å². The summed E-state index contributed by atoms with van der Waals surface area (Å²) in [6.07, 6.45) is 4.30. The topological polar surface area (TPSA) is 73.0 Å². The van der Waals surface area contributed by atoms with Crippen molar-refractivity contribution in [3.05, 3.63) is 161 Å². The molecular formula is C58H81N3O4. The van der Waals surface area contributed by atoms with E-state index in [2.05, 4.69) is 205 Å². The van der Waals surface area contributed by atoms with Crippen molar-refractivity contribution in [1.82, 2.24) is 16.0 Å². The van der Waals surface area contributed by atoms with Crippen LogP contribution in [0.25, 0.3) is 0 Å². The van der Waals surface area contributed by atoms with E-state index in [0.717, 1.165) is 88.8 Å². The molecule has 5 aromatic rings. The number of ether oxygens (including phenoxy) is 4. The number of rotatable bonds is 31. The first-order valence-corrected chi connectivity index (χ1v) is 24.5. The molecule has 0 saturated heterocycles. The fraction of sp³-hybridized carbons (Fsp3) is 0.483. The van der Waals surface area contributed by atoms with Gasteiger partial charge >= 0.3 is 0 Å². The van der Waals surface area contributed by atoms with Crippen molar-refractivity contribution in [2.75, 3.05) is 52.6 Å². The lowest BCUT2D eigenvalue weighted by Gasteiger charge is -2.54. The highest BCUT2D eigenvalue weighted by molar-refractivity contribution is 5.48. The van der Waals surface area contributed by atoms with E-state index in [1.54, 1.807) is 0 Å². The second-order valence-corrected chi connectivity index (χ2v) is 19.2. The molecule has 0 fully saturated rings. The van der Waals surface area contributed by atoms with Crippen LogP contribution >= 0.6 is 0 Å². The van der Waals surface area contributed by atoms with E-state index in [1.165, 1.54) is 27.8 Å². The Morgan fingerprint density at radius 2 is 1.00 bits per heavy atom. The van der Waals surface area contributed by atoms with E-state index in [-0.39, 0.29) is 22.9 Å². The van der Waals surface area contributed by atoms with Gasteiger partial charge in [0.25, 0.3) is 0 Å². The van der Waals surface area contributed by atoms with Crippen molar-refractivity contribution in [1.29, 1.82) is 0 Å². The number of nitrogens with one attached hydrogen (secondary N) is 3. The molecule has 7 heteroatoms. The summed E-state index contributed by atoms with van der Waals surface area (Å²) in [4.78, 5) is 0. The molecular weight excluding hydrogens is 803 g/mol. The monoisotopic (exact) mass is 884 g/mol. The average molecular weight is 884 g/mol. The maximum Gasteiger partial charge on any atom is 0.119 e. The SMILES string of the molecule is CC(C)CCC(c1cccc(OCCNCc2ccccc2)c1)(C(CC(C)C)c1cccc(OCCNCCCOC(C)C)c1)C(C)(C)c1cccc(OCCNCc2ccccc2)c1. The van der Waals surface area contributed by atoms with Crippen LogP contribution in [0.4, 0.5) is 0 Å². The predicted molar refractivity (Wildman–Crippen MR) is 272 cm³/mol. The van der Waals surface area contributed by atoms with E-state index in [9.17, 15) is 0 Å². The normalized spacial score (nSPS) is 13.3. The van der Waals surface area contributed by atoms with E-state index in [1.807, 2.05) is 0 Å². The summed E-state index contributed by atoms with van der Waals surface area (Å²) in [5, 5.41) is 10.7. The van der Waals surface area contributed by atoms with Gasteiger partial charge in [0.2, 0.25) is 0 Å². The predicted octanol–water partition coefficient (Wildman–Crippen LogP) is 12.3. The smallest absolute Gasteiger partial charge is 0.119 e. The molecule has 65 heavy (non-hydrogen) atoms. The van der Waals surface area contributed by atoms with E-state index in [4.69, 9.17) is 18.9 Å². The summed E-state index contributed by atoms with van der Waals surface area (Å²) >= 11 is 0. The zero-order valence-electron chi connectivity index (χ0n) is 41.0. The molecule has 0 amide bonds. The largest absolute Gasteiger partial charge is 0.492 e. The summed E-state index contributed by atoms with van der Waals surface area (Å²) in [6, 6.07) is 48.0. The average Bonchev–Trinajstić information content (AvgIpc) is 3.30. The Balaban J connectivity index is 1.48. The third-order valence-corrected chi connectivity index (χ3v) is 12.6. The highest BCUT2D eigenvalue weighted by Crippen LogP contribution is 2.58. The number of hydrogen-bond donors (Lipinski definition) is 3. The maximum absolute atomic E-state index is 6.60. The molecule has 0 radical (unpaired) electrons. The maximum atomic E-state index is 6.60. The fourth-order valence-electron chi connectivity index (χ4n) is 9.18. The lowest BCUT2D eigenvalue weighted by Crippen LogP contribution is -2.50. The van der Waals surface area contributed by atoms with Crippen LogP contribution in [0.3, 0.4) is 0 Å². The standard InChI is InChI=1S/C58H81N3O4/c1-45(2)29-30-58(52-25-17-28-55(42-52)65-38-34-61-44-49-21-13-10-14-22-49,57(7,8)51-24-16-27-54(41-51)64-37-33-60-43-48-19-11-9-12-20-48)56(39-46(3)4)50-23-15-26-53(40-50)63-36-32-59-31-18-35-62-47(5)6/h9-17,19-28,40-42,45-47,56,59-61H,18,29-39,43-44H2,1-8H3. The Bertz CT molecular complexity index is 2050. The van der Waals surface area contributed by atoms with Crippen LogP contribution in [-0.2, 0) is 28.7 Å². The van der Waals surface area contributed by atoms with Crippen LogP contribution in [0.15, 0.2) is 133 Å². The molecule has 352 valence electrons. The van der Waals surface area contributed by atoms with Crippen molar-refractivity contribution < 1.29 is 18.9 Å². The third-order valence-electron chi connectivity index (χ3n) is 12.6. The van der Waals surface area contributed by atoms with Gasteiger partial charge in [-0.1, -0.05) is 145 Å². The van der Waals surface area contributed by atoms with Crippen molar-refractivity contribution in [3.63, 3.8) is 0 Å². The van der Waals surface area contributed by atoms with Crippen LogP contribution in [0.5, 0.6) is 17.2 Å². The zero-order chi connectivity index (χ0) is 46.3. The molecule has 0 aromatic heterocycles. The molecule has 0 aliphatic heterocycles. The van der Waals surface area contributed by atoms with Crippen LogP contribution in [0.1, 0.15) is 115 Å². The van der Waals surface area contributed by atoms with E-state index < -0.39 is 0 Å². The van der Waals surface area contributed by atoms with Crippen LogP contribution in [0, 0.1) is 11.8 Å². The van der Waals surface area contributed by atoms with Gasteiger partial charge in [-0.2, -0.15) is 0 Å². The summed E-state index contributed by atoms with van der Waals surface area (Å²) in [5.74, 6) is 3.80. The summed E-state index contributed by atoms with van der Waals surface area (Å²) in [5.41, 5.74) is 5.69. The molecule has 5 rings (SSSR count). The molecule has 0 heterocycles. The highest BCUT2D eigenvalue weighted by atomic mass is 16.5. The molecule has 2 atom stereocenters. The van der Waals surface area contributed by atoms with Gasteiger partial charge in [-0.25, -0.2) is 0 Å². The Labute approximate surface area is 393 Å². The summed E-state index contributed by atoms with van der Waals surface area (Å²) in [7, 11) is 0. The molecule has 5 aromatic carbocycles. The van der Waals surface area contributed by atoms with E-state index >= 15 is 0 Å². The number of hydrogen-bond acceptors (Lipinski definition) is 7. The van der Waals surface area contributed by atoms with Gasteiger partial charge in [0.05, 0.1) is 6.10 Å². The second kappa shape index (κ2) is 27.1. The minimum Gasteiger partial charge on any atom is -0.492 e. The van der Waals surface area contributed by atoms with Crippen molar-refractivity contribution >= 4 is 0 Å². The first-order chi connectivity index (χ1) is 31.5. The molecule has 0 bridgehead atoms. The minimum absolute atomic E-state index is 0.147. The van der Waals surface area contributed by atoms with Gasteiger partial charge < -0.3 is 34.9 Å². The molecule has 0 saturated carbocycles. The lowest BCUT2D eigenvalue weighted by molar-refractivity contribution is 0.0770. The molecule has 0 aliphatic carbocycles. The third kappa shape index (κ3) is 16.3. The second-order valence-electron chi connectivity index (χ2n) is 19.2. The summed E-state index contributed by atoms with van der Waals surface area (Å²) in [6.45, 7) is 25.9. The van der Waals surface area contributed by atoms with Gasteiger partial charge in [-0.15, -0.1) is 0 Å². The Morgan fingerprint density at radius 1 is 0.492 bits per heavy atom. The van der Waals surface area contributed by atoms with Gasteiger partial charge in [-0.3, -0.25) is 0 Å². The van der Waals surface area contributed by atoms with Crippen LogP contribution in [-0.4, -0.2) is 58.7 Å². The molecule has 7 nitrogen and oxygen atoms in total. The molecule has 0 aliphatic rings. The molecule has 2 unspecified atom stereocenters. The van der Waals surface area contributed by atoms with Gasteiger partial charge in [0.1, 0.15) is 37.1 Å². The van der Waals surface area contributed by atoms with Gasteiger partial charge in [0, 0.05) is 50.2 Å². The molecule has 0 spiro atoms.